The Hall–Kier alpha value is -2.48. The van der Waals surface area contributed by atoms with Gasteiger partial charge in [-0.25, -0.2) is 4.98 Å². The van der Waals surface area contributed by atoms with E-state index in [9.17, 15) is 5.11 Å². The van der Waals surface area contributed by atoms with E-state index in [1.165, 1.54) is 24.1 Å². The van der Waals surface area contributed by atoms with Crippen LogP contribution in [0.25, 0.3) is 5.65 Å². The van der Waals surface area contributed by atoms with E-state index in [4.69, 9.17) is 9.97 Å². The van der Waals surface area contributed by atoms with E-state index in [1.807, 2.05) is 12.3 Å². The van der Waals surface area contributed by atoms with Crippen LogP contribution in [-0.4, -0.2) is 68.5 Å². The van der Waals surface area contributed by atoms with E-state index in [0.29, 0.717) is 0 Å². The van der Waals surface area contributed by atoms with Gasteiger partial charge in [-0.05, 0) is 69.8 Å². The van der Waals surface area contributed by atoms with Crippen molar-refractivity contribution in [2.75, 3.05) is 38.1 Å². The predicted molar refractivity (Wildman–Crippen MR) is 134 cm³/mol. The van der Waals surface area contributed by atoms with E-state index in [2.05, 4.69) is 57.3 Å². The predicted octanol–water partition coefficient (Wildman–Crippen LogP) is 3.71. The van der Waals surface area contributed by atoms with Crippen LogP contribution in [0.1, 0.15) is 66.8 Å². The molecule has 34 heavy (non-hydrogen) atoms. The first-order valence-electron chi connectivity index (χ1n) is 12.9. The normalized spacial score (nSPS) is 24.7. The van der Waals surface area contributed by atoms with Crippen molar-refractivity contribution in [3.63, 3.8) is 0 Å². The molecule has 6 rings (SSSR count). The molecule has 1 N–H and O–H groups in total. The van der Waals surface area contributed by atoms with E-state index in [-0.39, 0.29) is 18.7 Å². The minimum Gasteiger partial charge on any atom is -0.390 e. The summed E-state index contributed by atoms with van der Waals surface area (Å²) in [7, 11) is 2.20. The van der Waals surface area contributed by atoms with Crippen LogP contribution in [-0.2, 0) is 6.61 Å². The summed E-state index contributed by atoms with van der Waals surface area (Å²) in [5.41, 5.74) is 5.30. The first kappa shape index (κ1) is 22.0. The number of anilines is 1. The summed E-state index contributed by atoms with van der Waals surface area (Å²) in [4.78, 5) is 17.4. The van der Waals surface area contributed by atoms with E-state index in [0.717, 1.165) is 74.3 Å². The second kappa shape index (κ2) is 8.95. The van der Waals surface area contributed by atoms with Crippen molar-refractivity contribution >= 4 is 11.5 Å². The average molecular weight is 461 g/mol. The topological polar surface area (TPSA) is 60.1 Å². The fourth-order valence-corrected chi connectivity index (χ4v) is 6.21. The highest BCUT2D eigenvalue weighted by molar-refractivity contribution is 5.55. The Balaban J connectivity index is 1.34. The Bertz CT molecular complexity index is 1160. The van der Waals surface area contributed by atoms with Gasteiger partial charge in [-0.2, -0.15) is 0 Å². The van der Waals surface area contributed by atoms with Crippen molar-refractivity contribution in [3.05, 3.63) is 59.2 Å². The number of aliphatic hydroxyl groups is 1. The molecule has 3 fully saturated rings. The number of likely N-dealkylation sites (tertiary alicyclic amines) is 1. The third-order valence-corrected chi connectivity index (χ3v) is 8.22. The molecule has 0 aromatic carbocycles. The molecule has 3 aromatic rings. The molecule has 2 saturated heterocycles. The van der Waals surface area contributed by atoms with Gasteiger partial charge in [0.1, 0.15) is 11.5 Å². The second-order valence-electron chi connectivity index (χ2n) is 10.3. The number of rotatable bonds is 5. The van der Waals surface area contributed by atoms with Crippen LogP contribution in [0.4, 0.5) is 5.82 Å². The molecular weight excluding hydrogens is 424 g/mol. The van der Waals surface area contributed by atoms with Crippen LogP contribution in [0.5, 0.6) is 0 Å². The van der Waals surface area contributed by atoms with Crippen molar-refractivity contribution in [2.45, 2.75) is 63.8 Å². The van der Waals surface area contributed by atoms with Crippen LogP contribution in [0.15, 0.2) is 36.5 Å². The number of fused-ring (bicyclic) bond motifs is 1. The van der Waals surface area contributed by atoms with Gasteiger partial charge in [0, 0.05) is 38.4 Å². The molecule has 7 heteroatoms. The number of nitrogens with zero attached hydrogens (tertiary/aromatic N) is 6. The third kappa shape index (κ3) is 3.80. The Morgan fingerprint density at radius 3 is 2.41 bits per heavy atom. The molecular formula is C27H36N6O. The van der Waals surface area contributed by atoms with Gasteiger partial charge in [-0.3, -0.25) is 19.2 Å². The van der Waals surface area contributed by atoms with Crippen molar-refractivity contribution in [1.82, 2.24) is 24.2 Å². The smallest absolute Gasteiger partial charge is 0.138 e. The summed E-state index contributed by atoms with van der Waals surface area (Å²) in [6.45, 7) is 6.43. The maximum atomic E-state index is 10.6. The second-order valence-corrected chi connectivity index (χ2v) is 10.3. The Morgan fingerprint density at radius 1 is 0.941 bits per heavy atom. The SMILES string of the molecule is Cc1cccnc1C1CCCC(c2nc3cccc(N4CCN(C5CC5)CC4)n3c2CO)N1C. The molecule has 3 aromatic heterocycles. The van der Waals surface area contributed by atoms with Crippen molar-refractivity contribution < 1.29 is 5.11 Å². The number of hydrogen-bond donors (Lipinski definition) is 1. The number of hydrogen-bond acceptors (Lipinski definition) is 6. The van der Waals surface area contributed by atoms with Crippen LogP contribution in [0.3, 0.4) is 0 Å². The van der Waals surface area contributed by atoms with Gasteiger partial charge in [0.15, 0.2) is 0 Å². The molecule has 1 aliphatic carbocycles. The van der Waals surface area contributed by atoms with Crippen LogP contribution in [0.2, 0.25) is 0 Å². The molecule has 5 heterocycles. The maximum absolute atomic E-state index is 10.6. The van der Waals surface area contributed by atoms with Gasteiger partial charge in [-0.15, -0.1) is 0 Å². The number of pyridine rings is 2. The van der Waals surface area contributed by atoms with Gasteiger partial charge in [0.2, 0.25) is 0 Å². The number of aryl methyl sites for hydroxylation is 1. The third-order valence-electron chi connectivity index (χ3n) is 8.22. The molecule has 0 spiro atoms. The standard InChI is InChI=1S/C27H36N6O/c1-19-6-5-13-28-26(19)21-7-3-8-22(30(21)2)27-23(18-34)33-24(29-27)9-4-10-25(33)32-16-14-31(15-17-32)20-11-12-20/h4-6,9-10,13,20-22,34H,3,7-8,11-12,14-18H2,1-2H3. The number of aliphatic hydroxyl groups excluding tert-OH is 1. The van der Waals surface area contributed by atoms with Crippen molar-refractivity contribution in [2.24, 2.45) is 0 Å². The zero-order chi connectivity index (χ0) is 23.2. The lowest BCUT2D eigenvalue weighted by atomic mass is 9.90. The van der Waals surface area contributed by atoms with Gasteiger partial charge in [-0.1, -0.05) is 12.1 Å². The van der Waals surface area contributed by atoms with Gasteiger partial charge in [0.25, 0.3) is 0 Å². The molecule has 1 saturated carbocycles. The zero-order valence-corrected chi connectivity index (χ0v) is 20.4. The summed E-state index contributed by atoms with van der Waals surface area (Å²) in [5.74, 6) is 1.16. The van der Waals surface area contributed by atoms with Crippen LogP contribution in [0, 0.1) is 6.92 Å². The van der Waals surface area contributed by atoms with Gasteiger partial charge < -0.3 is 10.0 Å². The monoisotopic (exact) mass is 460 g/mol. The average Bonchev–Trinajstić information content (AvgIpc) is 3.65. The highest BCUT2D eigenvalue weighted by Crippen LogP contribution is 2.42. The molecule has 2 unspecified atom stereocenters. The van der Waals surface area contributed by atoms with Gasteiger partial charge >= 0.3 is 0 Å². The first-order chi connectivity index (χ1) is 16.7. The molecule has 2 aliphatic heterocycles. The largest absolute Gasteiger partial charge is 0.390 e. The molecule has 180 valence electrons. The van der Waals surface area contributed by atoms with Crippen molar-refractivity contribution in [3.8, 4) is 0 Å². The summed E-state index contributed by atoms with van der Waals surface area (Å²) in [6, 6.07) is 11.8. The van der Waals surface area contributed by atoms with Crippen LogP contribution >= 0.6 is 0 Å². The van der Waals surface area contributed by atoms with Gasteiger partial charge in [0.05, 0.1) is 35.8 Å². The lowest BCUT2D eigenvalue weighted by Crippen LogP contribution is -2.47. The summed E-state index contributed by atoms with van der Waals surface area (Å²) < 4.78 is 2.21. The fourth-order valence-electron chi connectivity index (χ4n) is 6.21. The zero-order valence-electron chi connectivity index (χ0n) is 20.4. The Kier molecular flexibility index (Phi) is 5.79. The fraction of sp³-hybridized carbons (Fsp3) is 0.556. The summed E-state index contributed by atoms with van der Waals surface area (Å²) in [6.07, 6.45) is 7.91. The summed E-state index contributed by atoms with van der Waals surface area (Å²) in [5, 5.41) is 10.6. The lowest BCUT2D eigenvalue weighted by molar-refractivity contribution is 0.107. The number of imidazole rings is 1. The quantitative estimate of drug-likeness (QED) is 0.626. The first-order valence-corrected chi connectivity index (χ1v) is 12.9. The minimum atomic E-state index is -0.00677. The Morgan fingerprint density at radius 2 is 1.71 bits per heavy atom. The highest BCUT2D eigenvalue weighted by Gasteiger charge is 2.35. The van der Waals surface area contributed by atoms with E-state index in [1.54, 1.807) is 0 Å². The number of aromatic nitrogens is 3. The van der Waals surface area contributed by atoms with Crippen molar-refractivity contribution in [1.29, 1.82) is 0 Å². The molecule has 7 nitrogen and oxygen atoms in total. The number of piperidine rings is 1. The van der Waals surface area contributed by atoms with E-state index < -0.39 is 0 Å². The van der Waals surface area contributed by atoms with E-state index >= 15 is 0 Å². The highest BCUT2D eigenvalue weighted by atomic mass is 16.3. The minimum absolute atomic E-state index is 0.00677. The maximum Gasteiger partial charge on any atom is 0.138 e. The lowest BCUT2D eigenvalue weighted by Gasteiger charge is -2.39. The molecule has 0 radical (unpaired) electrons. The molecule has 2 atom stereocenters. The van der Waals surface area contributed by atoms with Crippen LogP contribution < -0.4 is 4.90 Å². The molecule has 0 bridgehead atoms. The molecule has 0 amide bonds. The Labute approximate surface area is 202 Å². The number of piperazine rings is 1. The molecule has 3 aliphatic rings. The summed E-state index contributed by atoms with van der Waals surface area (Å²) >= 11 is 0.